The number of benzene rings is 1. The molecular weight excluding hydrogens is 373 g/mol. The van der Waals surface area contributed by atoms with Gasteiger partial charge in [0.05, 0.1) is 27.3 Å². The molecule has 1 aromatic carbocycles. The largest absolute Gasteiger partial charge is 0.469 e. The lowest BCUT2D eigenvalue weighted by Crippen LogP contribution is -2.41. The summed E-state index contributed by atoms with van der Waals surface area (Å²) in [5.74, 6) is -0.576. The van der Waals surface area contributed by atoms with Crippen molar-refractivity contribution in [3.63, 3.8) is 0 Å². The number of sulfonamides is 1. The average Bonchev–Trinajstić information content (AvgIpc) is 2.90. The van der Waals surface area contributed by atoms with E-state index in [2.05, 4.69) is 0 Å². The van der Waals surface area contributed by atoms with Gasteiger partial charge in [0.25, 0.3) is 15.9 Å². The van der Waals surface area contributed by atoms with Crippen LogP contribution in [0.3, 0.4) is 0 Å². The molecule has 0 saturated carbocycles. The highest BCUT2D eigenvalue weighted by Gasteiger charge is 2.34. The maximum absolute atomic E-state index is 12.8. The van der Waals surface area contributed by atoms with E-state index in [4.69, 9.17) is 16.0 Å². The van der Waals surface area contributed by atoms with E-state index in [1.54, 1.807) is 4.83 Å². The Kier molecular flexibility index (Phi) is 4.92. The molecule has 130 valence electrons. The number of nitrogens with one attached hydrogen (secondary N) is 2. The zero-order valence-electron chi connectivity index (χ0n) is 11.9. The van der Waals surface area contributed by atoms with Gasteiger partial charge < -0.3 is 4.42 Å². The van der Waals surface area contributed by atoms with E-state index in [-0.39, 0.29) is 11.3 Å². The molecule has 0 aliphatic carbocycles. The summed E-state index contributed by atoms with van der Waals surface area (Å²) in [6, 6.07) is 3.37. The molecule has 0 saturated heterocycles. The molecule has 11 heteroatoms. The molecule has 2 rings (SSSR count). The Morgan fingerprint density at radius 3 is 2.46 bits per heavy atom. The number of carbonyl (C=O) groups is 1. The molecule has 2 aromatic rings. The number of halogens is 4. The topological polar surface area (TPSA) is 88.4 Å². The molecule has 0 spiro atoms. The van der Waals surface area contributed by atoms with Gasteiger partial charge in [0.1, 0.15) is 5.76 Å². The Morgan fingerprint density at radius 1 is 1.25 bits per heavy atom. The van der Waals surface area contributed by atoms with Crippen molar-refractivity contribution in [3.8, 4) is 0 Å². The summed E-state index contributed by atoms with van der Waals surface area (Å²) in [6.45, 7) is 1.48. The first-order valence-electron chi connectivity index (χ1n) is 6.25. The zero-order valence-corrected chi connectivity index (χ0v) is 13.5. The van der Waals surface area contributed by atoms with E-state index in [0.29, 0.717) is 6.07 Å². The predicted molar refractivity (Wildman–Crippen MR) is 77.7 cm³/mol. The third-order valence-electron chi connectivity index (χ3n) is 2.96. The second-order valence-corrected chi connectivity index (χ2v) is 6.68. The third kappa shape index (κ3) is 3.89. The maximum atomic E-state index is 12.8. The number of amides is 1. The molecule has 1 aromatic heterocycles. The molecular formula is C13H10ClF3N2O4S. The first-order valence-corrected chi connectivity index (χ1v) is 8.11. The summed E-state index contributed by atoms with van der Waals surface area (Å²) < 4.78 is 67.3. The van der Waals surface area contributed by atoms with Gasteiger partial charge in [0.15, 0.2) is 0 Å². The van der Waals surface area contributed by atoms with Crippen LogP contribution in [0.25, 0.3) is 0 Å². The smallest absolute Gasteiger partial charge is 0.417 e. The molecule has 0 fully saturated rings. The van der Waals surface area contributed by atoms with Crippen LogP contribution in [0.1, 0.15) is 21.7 Å². The van der Waals surface area contributed by atoms with Gasteiger partial charge in [0.2, 0.25) is 0 Å². The Bertz CT molecular complexity index is 878. The minimum Gasteiger partial charge on any atom is -0.469 e. The Labute approximate surface area is 139 Å². The number of furan rings is 1. The van der Waals surface area contributed by atoms with Gasteiger partial charge in [0, 0.05) is 0 Å². The number of carbonyl (C=O) groups excluding carboxylic acids is 1. The maximum Gasteiger partial charge on any atom is 0.417 e. The zero-order chi connectivity index (χ0) is 18.1. The predicted octanol–water partition coefficient (Wildman–Crippen LogP) is 2.88. The average molecular weight is 383 g/mol. The van der Waals surface area contributed by atoms with Crippen molar-refractivity contribution in [1.82, 2.24) is 10.3 Å². The van der Waals surface area contributed by atoms with Gasteiger partial charge >= 0.3 is 6.18 Å². The van der Waals surface area contributed by atoms with Gasteiger partial charge in [-0.2, -0.15) is 13.2 Å². The number of alkyl halides is 3. The second kappa shape index (κ2) is 6.46. The molecule has 2 N–H and O–H groups in total. The van der Waals surface area contributed by atoms with Gasteiger partial charge in [-0.05, 0) is 31.2 Å². The fraction of sp³-hybridized carbons (Fsp3) is 0.154. The third-order valence-corrected chi connectivity index (χ3v) is 4.53. The highest BCUT2D eigenvalue weighted by atomic mass is 35.5. The van der Waals surface area contributed by atoms with E-state index in [9.17, 15) is 26.4 Å². The van der Waals surface area contributed by atoms with Crippen LogP contribution < -0.4 is 10.3 Å². The van der Waals surface area contributed by atoms with Gasteiger partial charge in [-0.15, -0.1) is 4.83 Å². The molecule has 0 unspecified atom stereocenters. The lowest BCUT2D eigenvalue weighted by atomic mass is 10.2. The fourth-order valence-corrected chi connectivity index (χ4v) is 2.84. The Hall–Kier alpha value is -2.04. The fourth-order valence-electron chi connectivity index (χ4n) is 1.75. The summed E-state index contributed by atoms with van der Waals surface area (Å²) in [6.07, 6.45) is -3.59. The van der Waals surface area contributed by atoms with Crippen LogP contribution in [-0.4, -0.2) is 14.3 Å². The van der Waals surface area contributed by atoms with Crippen molar-refractivity contribution in [2.75, 3.05) is 0 Å². The molecule has 0 radical (unpaired) electrons. The summed E-state index contributed by atoms with van der Waals surface area (Å²) >= 11 is 5.43. The van der Waals surface area contributed by atoms with Crippen LogP contribution in [-0.2, 0) is 16.2 Å². The van der Waals surface area contributed by atoms with Gasteiger partial charge in [-0.25, -0.2) is 8.42 Å². The molecule has 0 atom stereocenters. The summed E-state index contributed by atoms with van der Waals surface area (Å²) in [7, 11) is -4.43. The molecule has 0 aliphatic heterocycles. The SMILES string of the molecule is Cc1occc1C(=O)NNS(=O)(=O)c1ccc(Cl)c(C(F)(F)F)c1. The number of hydrogen-bond acceptors (Lipinski definition) is 4. The monoisotopic (exact) mass is 382 g/mol. The van der Waals surface area contributed by atoms with E-state index in [0.717, 1.165) is 12.1 Å². The van der Waals surface area contributed by atoms with Crippen molar-refractivity contribution in [1.29, 1.82) is 0 Å². The van der Waals surface area contributed by atoms with Crippen LogP contribution in [0.2, 0.25) is 5.02 Å². The summed E-state index contributed by atoms with van der Waals surface area (Å²) in [5, 5.41) is -0.639. The van der Waals surface area contributed by atoms with Crippen molar-refractivity contribution in [2.24, 2.45) is 0 Å². The van der Waals surface area contributed by atoms with E-state index >= 15 is 0 Å². The van der Waals surface area contributed by atoms with E-state index in [1.807, 2.05) is 5.43 Å². The standard InChI is InChI=1S/C13H10ClF3N2O4S/c1-7-9(4-5-23-7)12(20)18-19-24(21,22)8-2-3-11(14)10(6-8)13(15,16)17/h2-6,19H,1H3,(H,18,20). The molecule has 0 bridgehead atoms. The lowest BCUT2D eigenvalue weighted by Gasteiger charge is -2.12. The van der Waals surface area contributed by atoms with Crippen molar-refractivity contribution >= 4 is 27.5 Å². The van der Waals surface area contributed by atoms with Gasteiger partial charge in [-0.1, -0.05) is 11.6 Å². The highest BCUT2D eigenvalue weighted by molar-refractivity contribution is 7.89. The van der Waals surface area contributed by atoms with Crippen molar-refractivity contribution < 1.29 is 30.8 Å². The summed E-state index contributed by atoms with van der Waals surface area (Å²) in [4.78, 5) is 12.8. The molecule has 1 heterocycles. The number of rotatable bonds is 4. The number of hydrogen-bond donors (Lipinski definition) is 2. The second-order valence-electron chi connectivity index (χ2n) is 4.59. The molecule has 1 amide bonds. The number of hydrazine groups is 1. The molecule has 24 heavy (non-hydrogen) atoms. The first kappa shape index (κ1) is 18.3. The Balaban J connectivity index is 2.22. The summed E-state index contributed by atoms with van der Waals surface area (Å²) in [5.41, 5.74) is 0.658. The van der Waals surface area contributed by atoms with Crippen molar-refractivity contribution in [2.45, 2.75) is 18.0 Å². The van der Waals surface area contributed by atoms with Crippen LogP contribution in [0.15, 0.2) is 39.8 Å². The van der Waals surface area contributed by atoms with Crippen molar-refractivity contribution in [3.05, 3.63) is 52.4 Å². The first-order chi connectivity index (χ1) is 11.0. The number of aryl methyl sites for hydroxylation is 1. The lowest BCUT2D eigenvalue weighted by molar-refractivity contribution is -0.137. The van der Waals surface area contributed by atoms with Crippen LogP contribution >= 0.6 is 11.6 Å². The highest BCUT2D eigenvalue weighted by Crippen LogP contribution is 2.35. The minimum atomic E-state index is -4.82. The Morgan fingerprint density at radius 2 is 1.92 bits per heavy atom. The van der Waals surface area contributed by atoms with Crippen LogP contribution in [0.5, 0.6) is 0 Å². The molecule has 0 aliphatic rings. The van der Waals surface area contributed by atoms with E-state index in [1.165, 1.54) is 19.3 Å². The molecule has 6 nitrogen and oxygen atoms in total. The quantitative estimate of drug-likeness (QED) is 0.796. The minimum absolute atomic E-state index is 0.0739. The van der Waals surface area contributed by atoms with Gasteiger partial charge in [-0.3, -0.25) is 10.2 Å². The normalized spacial score (nSPS) is 12.2. The van der Waals surface area contributed by atoms with E-state index < -0.39 is 37.6 Å². The van der Waals surface area contributed by atoms with Crippen LogP contribution in [0, 0.1) is 6.92 Å². The van der Waals surface area contributed by atoms with Crippen LogP contribution in [0.4, 0.5) is 13.2 Å².